The molecule has 3 aromatic carbocycles. The third-order valence-electron chi connectivity index (χ3n) is 5.40. The first-order chi connectivity index (χ1) is 18.4. The van der Waals surface area contributed by atoms with Gasteiger partial charge in [-0.2, -0.15) is 0 Å². The molecule has 0 saturated carbocycles. The van der Waals surface area contributed by atoms with Crippen molar-refractivity contribution in [2.24, 2.45) is 0 Å². The molecule has 10 heteroatoms. The zero-order chi connectivity index (χ0) is 27.7. The number of hydrogen-bond acceptors (Lipinski definition) is 10. The van der Waals surface area contributed by atoms with Gasteiger partial charge in [0, 0.05) is 7.11 Å². The third-order valence-corrected chi connectivity index (χ3v) is 5.40. The van der Waals surface area contributed by atoms with E-state index in [1.807, 2.05) is 30.3 Å². The molecule has 10 nitrogen and oxygen atoms in total. The highest BCUT2D eigenvalue weighted by Gasteiger charge is 2.33. The number of benzene rings is 3. The second-order valence-electron chi connectivity index (χ2n) is 7.77. The Hall–Kier alpha value is -4.44. The summed E-state index contributed by atoms with van der Waals surface area (Å²) in [4.78, 5) is 26.0. The minimum Gasteiger partial charge on any atom is -0.493 e. The van der Waals surface area contributed by atoms with Gasteiger partial charge in [-0.3, -0.25) is 4.79 Å². The van der Waals surface area contributed by atoms with Crippen LogP contribution in [-0.2, 0) is 11.3 Å². The van der Waals surface area contributed by atoms with Crippen LogP contribution in [0.5, 0.6) is 40.2 Å². The average Bonchev–Trinajstić information content (AvgIpc) is 2.94. The molecule has 0 spiro atoms. The monoisotopic (exact) mass is 526 g/mol. The van der Waals surface area contributed by atoms with E-state index in [0.29, 0.717) is 18.1 Å². The SMILES string of the molecule is COCOc1c(OC)c(OC)c(OC(=O)c2ccc(OCc3ccccc3)c(OC)c2)c(C(C)=O)c1OC. The number of esters is 1. The van der Waals surface area contributed by atoms with Gasteiger partial charge >= 0.3 is 5.97 Å². The maximum absolute atomic E-state index is 13.3. The number of hydrogen-bond donors (Lipinski definition) is 0. The van der Waals surface area contributed by atoms with Crippen LogP contribution < -0.4 is 33.2 Å². The minimum absolute atomic E-state index is 0.00256. The Kier molecular flexibility index (Phi) is 9.78. The molecular weight excluding hydrogens is 496 g/mol. The average molecular weight is 527 g/mol. The first-order valence-electron chi connectivity index (χ1n) is 11.5. The second kappa shape index (κ2) is 13.2. The zero-order valence-corrected chi connectivity index (χ0v) is 22.1. The molecule has 38 heavy (non-hydrogen) atoms. The van der Waals surface area contributed by atoms with Crippen LogP contribution in [0.2, 0.25) is 0 Å². The van der Waals surface area contributed by atoms with Crippen LogP contribution in [0, 0.1) is 0 Å². The third kappa shape index (κ3) is 6.09. The van der Waals surface area contributed by atoms with E-state index in [9.17, 15) is 9.59 Å². The van der Waals surface area contributed by atoms with Gasteiger partial charge < -0.3 is 37.9 Å². The smallest absolute Gasteiger partial charge is 0.343 e. The fraction of sp³-hybridized carbons (Fsp3) is 0.286. The van der Waals surface area contributed by atoms with Gasteiger partial charge in [-0.05, 0) is 30.7 Å². The fourth-order valence-corrected chi connectivity index (χ4v) is 3.67. The van der Waals surface area contributed by atoms with Crippen LogP contribution in [0.25, 0.3) is 0 Å². The van der Waals surface area contributed by atoms with Gasteiger partial charge in [0.2, 0.25) is 17.2 Å². The van der Waals surface area contributed by atoms with E-state index in [4.69, 9.17) is 37.9 Å². The van der Waals surface area contributed by atoms with Crippen molar-refractivity contribution in [1.82, 2.24) is 0 Å². The molecule has 0 aliphatic rings. The molecule has 0 saturated heterocycles. The lowest BCUT2D eigenvalue weighted by molar-refractivity contribution is 0.0463. The van der Waals surface area contributed by atoms with Gasteiger partial charge in [-0.15, -0.1) is 0 Å². The summed E-state index contributed by atoms with van der Waals surface area (Å²) in [7, 11) is 6.95. The molecule has 0 aliphatic carbocycles. The largest absolute Gasteiger partial charge is 0.493 e. The lowest BCUT2D eigenvalue weighted by Crippen LogP contribution is -2.15. The van der Waals surface area contributed by atoms with Gasteiger partial charge in [0.1, 0.15) is 12.2 Å². The van der Waals surface area contributed by atoms with Gasteiger partial charge in [0.05, 0.1) is 34.0 Å². The predicted molar refractivity (Wildman–Crippen MR) is 137 cm³/mol. The van der Waals surface area contributed by atoms with Crippen LogP contribution in [0.3, 0.4) is 0 Å². The summed E-state index contributed by atoms with van der Waals surface area (Å²) in [5.74, 6) is -0.595. The number of ether oxygens (including phenoxy) is 8. The van der Waals surface area contributed by atoms with E-state index < -0.39 is 11.8 Å². The summed E-state index contributed by atoms with van der Waals surface area (Å²) in [6.45, 7) is 1.45. The Morgan fingerprint density at radius 2 is 1.34 bits per heavy atom. The number of carbonyl (C=O) groups excluding carboxylic acids is 2. The van der Waals surface area contributed by atoms with Crippen molar-refractivity contribution >= 4 is 11.8 Å². The maximum Gasteiger partial charge on any atom is 0.343 e. The maximum atomic E-state index is 13.3. The van der Waals surface area contributed by atoms with Crippen LogP contribution in [-0.4, -0.2) is 54.1 Å². The number of carbonyl (C=O) groups is 2. The van der Waals surface area contributed by atoms with Crippen LogP contribution in [0.15, 0.2) is 48.5 Å². The van der Waals surface area contributed by atoms with E-state index in [1.54, 1.807) is 6.07 Å². The highest BCUT2D eigenvalue weighted by Crippen LogP contribution is 2.54. The molecule has 3 rings (SSSR count). The Morgan fingerprint density at radius 3 is 1.92 bits per heavy atom. The quantitative estimate of drug-likeness (QED) is 0.135. The fourth-order valence-electron chi connectivity index (χ4n) is 3.67. The molecule has 0 N–H and O–H groups in total. The number of rotatable bonds is 13. The van der Waals surface area contributed by atoms with Crippen LogP contribution in [0.1, 0.15) is 33.2 Å². The summed E-state index contributed by atoms with van der Waals surface area (Å²) < 4.78 is 44.0. The Balaban J connectivity index is 2.00. The van der Waals surface area contributed by atoms with Crippen LogP contribution >= 0.6 is 0 Å². The Morgan fingerprint density at radius 1 is 0.684 bits per heavy atom. The van der Waals surface area contributed by atoms with Crippen molar-refractivity contribution in [1.29, 1.82) is 0 Å². The molecule has 3 aromatic rings. The first-order valence-corrected chi connectivity index (χ1v) is 11.5. The van der Waals surface area contributed by atoms with Crippen molar-refractivity contribution in [2.45, 2.75) is 13.5 Å². The van der Waals surface area contributed by atoms with Crippen molar-refractivity contribution in [3.8, 4) is 40.2 Å². The topological polar surface area (TPSA) is 108 Å². The Labute approximate surface area is 220 Å². The molecule has 0 heterocycles. The molecule has 0 fully saturated rings. The molecular formula is C28H30O10. The zero-order valence-electron chi connectivity index (χ0n) is 22.1. The minimum atomic E-state index is -0.784. The normalized spacial score (nSPS) is 10.4. The van der Waals surface area contributed by atoms with Gasteiger partial charge in [-0.1, -0.05) is 30.3 Å². The van der Waals surface area contributed by atoms with Gasteiger partial charge in [-0.25, -0.2) is 4.79 Å². The lowest BCUT2D eigenvalue weighted by Gasteiger charge is -2.22. The molecule has 0 unspecified atom stereocenters. The van der Waals surface area contributed by atoms with Crippen LogP contribution in [0.4, 0.5) is 0 Å². The second-order valence-corrected chi connectivity index (χ2v) is 7.77. The van der Waals surface area contributed by atoms with E-state index in [0.717, 1.165) is 5.56 Å². The van der Waals surface area contributed by atoms with E-state index in [-0.39, 0.29) is 46.7 Å². The predicted octanol–water partition coefficient (Wildman–Crippen LogP) is 4.70. The van der Waals surface area contributed by atoms with Gasteiger partial charge in [0.15, 0.2) is 35.6 Å². The molecule has 0 aromatic heterocycles. The van der Waals surface area contributed by atoms with Gasteiger partial charge in [0.25, 0.3) is 0 Å². The van der Waals surface area contributed by atoms with E-state index in [2.05, 4.69) is 0 Å². The highest BCUT2D eigenvalue weighted by atomic mass is 16.7. The van der Waals surface area contributed by atoms with Crippen molar-refractivity contribution in [2.75, 3.05) is 42.3 Å². The number of methoxy groups -OCH3 is 5. The number of Topliss-reactive ketones (excluding diaryl/α,β-unsaturated/α-hetero) is 1. The molecule has 202 valence electrons. The Bertz CT molecular complexity index is 1270. The molecule has 0 aliphatic heterocycles. The van der Waals surface area contributed by atoms with Crippen molar-refractivity contribution in [3.63, 3.8) is 0 Å². The molecule has 0 radical (unpaired) electrons. The van der Waals surface area contributed by atoms with E-state index in [1.165, 1.54) is 54.6 Å². The molecule has 0 bridgehead atoms. The summed E-state index contributed by atoms with van der Waals surface area (Å²) in [6, 6.07) is 14.2. The number of ketones is 1. The van der Waals surface area contributed by atoms with Crippen molar-refractivity contribution < 1.29 is 47.5 Å². The summed E-state index contributed by atoms with van der Waals surface area (Å²) in [6.07, 6.45) is 0. The van der Waals surface area contributed by atoms with Crippen molar-refractivity contribution in [3.05, 3.63) is 65.2 Å². The lowest BCUT2D eigenvalue weighted by atomic mass is 10.1. The first kappa shape index (κ1) is 28.1. The standard InChI is InChI=1S/C28H30O10/c1-17(29)22-23(33-4)27(37-16-31-2)26(35-6)25(34-5)24(22)38-28(30)19-12-13-20(21(14-19)32-3)36-15-18-10-8-7-9-11-18/h7-14H,15-16H2,1-6H3. The van der Waals surface area contributed by atoms with E-state index >= 15 is 0 Å². The summed E-state index contributed by atoms with van der Waals surface area (Å²) in [5, 5.41) is 0. The summed E-state index contributed by atoms with van der Waals surface area (Å²) >= 11 is 0. The molecule has 0 amide bonds. The highest BCUT2D eigenvalue weighted by molar-refractivity contribution is 6.04. The summed E-state index contributed by atoms with van der Waals surface area (Å²) in [5.41, 5.74) is 1.05. The molecule has 0 atom stereocenters.